The Balaban J connectivity index is 1.60. The molecule has 1 amide bonds. The quantitative estimate of drug-likeness (QED) is 0.447. The molecule has 184 valence electrons. The minimum atomic E-state index is -3.90. The first-order chi connectivity index (χ1) is 16.8. The summed E-state index contributed by atoms with van der Waals surface area (Å²) in [5.41, 5.74) is 1.21. The number of hydrogen-bond donors (Lipinski definition) is 1. The first-order valence-corrected chi connectivity index (χ1v) is 13.4. The fraction of sp³-hybridized carbons (Fsp3) is 0.280. The lowest BCUT2D eigenvalue weighted by Gasteiger charge is -2.23. The number of ether oxygens (including phenoxy) is 2. The minimum absolute atomic E-state index is 0.0899. The number of benzene rings is 2. The standard InChI is InChI=1S/C25H26N2O6S2/c1-3-33-25(29)23-20(16-22(34-23)17-8-5-4-6-9-17)26-24(28)21-10-7-15-27(21)35(30,31)19-13-11-18(32-2)12-14-19/h4-6,8-9,11-14,16,21H,3,7,10,15H2,1-2H3,(H,26,28). The highest BCUT2D eigenvalue weighted by molar-refractivity contribution is 7.89. The van der Waals surface area contributed by atoms with Crippen molar-refractivity contribution in [2.75, 3.05) is 25.6 Å². The second kappa shape index (κ2) is 10.6. The van der Waals surface area contributed by atoms with Gasteiger partial charge in [0.1, 0.15) is 16.7 Å². The van der Waals surface area contributed by atoms with Gasteiger partial charge in [0.05, 0.1) is 24.3 Å². The van der Waals surface area contributed by atoms with Gasteiger partial charge in [-0.1, -0.05) is 30.3 Å². The zero-order valence-electron chi connectivity index (χ0n) is 19.4. The summed E-state index contributed by atoms with van der Waals surface area (Å²) < 4.78 is 38.1. The third-order valence-corrected chi connectivity index (χ3v) is 8.77. The van der Waals surface area contributed by atoms with Crippen LogP contribution in [0.1, 0.15) is 29.4 Å². The first kappa shape index (κ1) is 24.9. The lowest BCUT2D eigenvalue weighted by Crippen LogP contribution is -2.43. The van der Waals surface area contributed by atoms with Gasteiger partial charge in [-0.3, -0.25) is 4.79 Å². The van der Waals surface area contributed by atoms with Crippen LogP contribution in [-0.4, -0.2) is 50.9 Å². The van der Waals surface area contributed by atoms with Crippen LogP contribution in [0.3, 0.4) is 0 Å². The van der Waals surface area contributed by atoms with Crippen molar-refractivity contribution in [3.8, 4) is 16.2 Å². The van der Waals surface area contributed by atoms with Gasteiger partial charge in [0, 0.05) is 11.4 Å². The zero-order chi connectivity index (χ0) is 25.0. The molecule has 0 bridgehead atoms. The van der Waals surface area contributed by atoms with Crippen molar-refractivity contribution in [1.82, 2.24) is 4.31 Å². The fourth-order valence-corrected chi connectivity index (χ4v) is 6.64. The van der Waals surface area contributed by atoms with Crippen molar-refractivity contribution in [3.05, 3.63) is 65.5 Å². The molecule has 0 aliphatic carbocycles. The van der Waals surface area contributed by atoms with E-state index in [0.29, 0.717) is 24.3 Å². The van der Waals surface area contributed by atoms with Gasteiger partial charge in [0.15, 0.2) is 0 Å². The number of sulfonamides is 1. The van der Waals surface area contributed by atoms with Gasteiger partial charge in [-0.25, -0.2) is 13.2 Å². The van der Waals surface area contributed by atoms with E-state index in [1.54, 1.807) is 25.1 Å². The molecule has 0 saturated carbocycles. The van der Waals surface area contributed by atoms with Crippen molar-refractivity contribution in [2.45, 2.75) is 30.7 Å². The van der Waals surface area contributed by atoms with Crippen LogP contribution in [0.15, 0.2) is 65.6 Å². The second-order valence-electron chi connectivity index (χ2n) is 7.88. The van der Waals surface area contributed by atoms with Crippen LogP contribution in [0.25, 0.3) is 10.4 Å². The Kier molecular flexibility index (Phi) is 7.54. The van der Waals surface area contributed by atoms with Crippen LogP contribution in [0.2, 0.25) is 0 Å². The van der Waals surface area contributed by atoms with E-state index in [4.69, 9.17) is 9.47 Å². The van der Waals surface area contributed by atoms with E-state index in [1.165, 1.54) is 34.9 Å². The molecule has 0 radical (unpaired) electrons. The Morgan fingerprint density at radius 3 is 2.49 bits per heavy atom. The van der Waals surface area contributed by atoms with Gasteiger partial charge >= 0.3 is 5.97 Å². The Morgan fingerprint density at radius 2 is 1.83 bits per heavy atom. The third kappa shape index (κ3) is 5.24. The molecule has 0 spiro atoms. The van der Waals surface area contributed by atoms with Crippen molar-refractivity contribution in [3.63, 3.8) is 0 Å². The Bertz CT molecular complexity index is 1300. The van der Waals surface area contributed by atoms with Gasteiger partial charge in [-0.15, -0.1) is 11.3 Å². The number of nitrogens with zero attached hydrogens (tertiary/aromatic N) is 1. The van der Waals surface area contributed by atoms with Gasteiger partial charge in [0.25, 0.3) is 0 Å². The molecule has 2 heterocycles. The molecule has 35 heavy (non-hydrogen) atoms. The molecule has 1 aliphatic heterocycles. The summed E-state index contributed by atoms with van der Waals surface area (Å²) in [6, 6.07) is 16.4. The fourth-order valence-electron chi connectivity index (χ4n) is 3.97. The van der Waals surface area contributed by atoms with Crippen molar-refractivity contribution in [2.24, 2.45) is 0 Å². The normalized spacial score (nSPS) is 16.1. The predicted molar refractivity (Wildman–Crippen MR) is 134 cm³/mol. The van der Waals surface area contributed by atoms with E-state index in [9.17, 15) is 18.0 Å². The van der Waals surface area contributed by atoms with E-state index in [0.717, 1.165) is 10.4 Å². The second-order valence-corrected chi connectivity index (χ2v) is 10.8. The van der Waals surface area contributed by atoms with Crippen LogP contribution >= 0.6 is 11.3 Å². The smallest absolute Gasteiger partial charge is 0.350 e. The molecule has 1 atom stereocenters. The first-order valence-electron chi connectivity index (χ1n) is 11.2. The summed E-state index contributed by atoms with van der Waals surface area (Å²) in [6.45, 7) is 2.14. The lowest BCUT2D eigenvalue weighted by molar-refractivity contribution is -0.119. The number of thiophene rings is 1. The van der Waals surface area contributed by atoms with E-state index in [-0.39, 0.29) is 22.9 Å². The monoisotopic (exact) mass is 514 g/mol. The van der Waals surface area contributed by atoms with Gasteiger partial charge in [-0.2, -0.15) is 4.31 Å². The maximum absolute atomic E-state index is 13.3. The Labute approximate surface area is 208 Å². The lowest BCUT2D eigenvalue weighted by atomic mass is 10.2. The highest BCUT2D eigenvalue weighted by Gasteiger charge is 2.40. The summed E-state index contributed by atoms with van der Waals surface area (Å²) in [7, 11) is -2.39. The Morgan fingerprint density at radius 1 is 1.11 bits per heavy atom. The average Bonchev–Trinajstić information content (AvgIpc) is 3.53. The van der Waals surface area contributed by atoms with Crippen LogP contribution in [0.5, 0.6) is 5.75 Å². The summed E-state index contributed by atoms with van der Waals surface area (Å²) in [5.74, 6) is -0.482. The summed E-state index contributed by atoms with van der Waals surface area (Å²) >= 11 is 1.22. The van der Waals surface area contributed by atoms with E-state index in [2.05, 4.69) is 5.32 Å². The average molecular weight is 515 g/mol. The highest BCUT2D eigenvalue weighted by Crippen LogP contribution is 2.36. The van der Waals surface area contributed by atoms with Crippen LogP contribution in [0.4, 0.5) is 5.69 Å². The maximum Gasteiger partial charge on any atom is 0.350 e. The van der Waals surface area contributed by atoms with Crippen molar-refractivity contribution < 1.29 is 27.5 Å². The molecule has 1 N–H and O–H groups in total. The molecule has 1 fully saturated rings. The number of nitrogens with one attached hydrogen (secondary N) is 1. The zero-order valence-corrected chi connectivity index (χ0v) is 21.0. The number of rotatable bonds is 8. The van der Waals surface area contributed by atoms with E-state index < -0.39 is 27.9 Å². The van der Waals surface area contributed by atoms with Gasteiger partial charge in [-0.05, 0) is 55.7 Å². The topological polar surface area (TPSA) is 102 Å². The number of carbonyl (C=O) groups is 2. The van der Waals surface area contributed by atoms with Crippen molar-refractivity contribution in [1.29, 1.82) is 0 Å². The van der Waals surface area contributed by atoms with Crippen LogP contribution in [-0.2, 0) is 19.6 Å². The van der Waals surface area contributed by atoms with Gasteiger partial charge in [0.2, 0.25) is 15.9 Å². The van der Waals surface area contributed by atoms with E-state index >= 15 is 0 Å². The van der Waals surface area contributed by atoms with Gasteiger partial charge < -0.3 is 14.8 Å². The molecule has 1 aliphatic rings. The minimum Gasteiger partial charge on any atom is -0.497 e. The third-order valence-electron chi connectivity index (χ3n) is 5.68. The van der Waals surface area contributed by atoms with Crippen LogP contribution in [0, 0.1) is 0 Å². The summed E-state index contributed by atoms with van der Waals surface area (Å²) in [6.07, 6.45) is 0.933. The largest absolute Gasteiger partial charge is 0.497 e. The molecule has 1 saturated heterocycles. The maximum atomic E-state index is 13.3. The molecule has 1 unspecified atom stereocenters. The number of amides is 1. The number of hydrogen-bond acceptors (Lipinski definition) is 7. The molecule has 10 heteroatoms. The SMILES string of the molecule is CCOC(=O)c1sc(-c2ccccc2)cc1NC(=O)C1CCCN1S(=O)(=O)c1ccc(OC)cc1. The number of esters is 1. The number of methoxy groups -OCH3 is 1. The molecule has 8 nitrogen and oxygen atoms in total. The van der Waals surface area contributed by atoms with Crippen LogP contribution < -0.4 is 10.1 Å². The number of carbonyl (C=O) groups excluding carboxylic acids is 2. The predicted octanol–water partition coefficient (Wildman–Crippen LogP) is 4.39. The summed E-state index contributed by atoms with van der Waals surface area (Å²) in [5, 5.41) is 2.80. The summed E-state index contributed by atoms with van der Waals surface area (Å²) in [4.78, 5) is 27.0. The van der Waals surface area contributed by atoms with E-state index in [1.807, 2.05) is 30.3 Å². The molecule has 3 aromatic rings. The Hall–Kier alpha value is -3.21. The number of anilines is 1. The highest BCUT2D eigenvalue weighted by atomic mass is 32.2. The molecular formula is C25H26N2O6S2. The molecule has 1 aromatic heterocycles. The molecular weight excluding hydrogens is 488 g/mol. The van der Waals surface area contributed by atoms with Crippen molar-refractivity contribution >= 4 is 38.9 Å². The molecule has 4 rings (SSSR count). The molecule has 2 aromatic carbocycles.